The van der Waals surface area contributed by atoms with Gasteiger partial charge in [-0.1, -0.05) is 0 Å². The molecule has 0 saturated carbocycles. The number of methoxy groups -OCH3 is 1. The van der Waals surface area contributed by atoms with Crippen LogP contribution in [0.25, 0.3) is 10.9 Å². The van der Waals surface area contributed by atoms with E-state index in [4.69, 9.17) is 4.74 Å². The highest BCUT2D eigenvalue weighted by Crippen LogP contribution is 2.41. The van der Waals surface area contributed by atoms with Crippen LogP contribution in [-0.2, 0) is 7.05 Å². The Balaban J connectivity index is 2.23. The van der Waals surface area contributed by atoms with E-state index in [-0.39, 0.29) is 0 Å². The predicted octanol–water partition coefficient (Wildman–Crippen LogP) is 3.72. The first-order valence-electron chi connectivity index (χ1n) is 7.16. The summed E-state index contributed by atoms with van der Waals surface area (Å²) >= 11 is 3.83. The molecule has 108 valence electrons. The molecule has 3 rings (SSSR count). The van der Waals surface area contributed by atoms with Gasteiger partial charge in [-0.15, -0.1) is 0 Å². The molecule has 0 amide bonds. The van der Waals surface area contributed by atoms with Crippen molar-refractivity contribution in [1.82, 2.24) is 9.88 Å². The Hall–Kier alpha value is -1.00. The minimum Gasteiger partial charge on any atom is -0.495 e. The molecular weight excluding hydrogens is 316 g/mol. The Kier molecular flexibility index (Phi) is 3.78. The largest absolute Gasteiger partial charge is 0.495 e. The van der Waals surface area contributed by atoms with Crippen LogP contribution in [0, 0.1) is 6.92 Å². The number of rotatable bonds is 2. The van der Waals surface area contributed by atoms with Crippen LogP contribution in [0.5, 0.6) is 5.75 Å². The summed E-state index contributed by atoms with van der Waals surface area (Å²) in [6.07, 6.45) is 2.49. The summed E-state index contributed by atoms with van der Waals surface area (Å²) < 4.78 is 9.12. The van der Waals surface area contributed by atoms with Crippen molar-refractivity contribution in [3.63, 3.8) is 0 Å². The zero-order valence-electron chi connectivity index (χ0n) is 12.3. The van der Waals surface area contributed by atoms with Gasteiger partial charge in [-0.05, 0) is 59.9 Å². The fraction of sp³-hybridized carbons (Fsp3) is 0.500. The van der Waals surface area contributed by atoms with Gasteiger partial charge >= 0.3 is 0 Å². The first kappa shape index (κ1) is 14.0. The van der Waals surface area contributed by atoms with E-state index in [1.165, 1.54) is 39.5 Å². The van der Waals surface area contributed by atoms with Crippen molar-refractivity contribution >= 4 is 26.8 Å². The Morgan fingerprint density at radius 3 is 2.85 bits per heavy atom. The lowest BCUT2D eigenvalue weighted by atomic mass is 9.96. The molecule has 1 unspecified atom stereocenters. The first-order valence-corrected chi connectivity index (χ1v) is 7.96. The average molecular weight is 337 g/mol. The van der Waals surface area contributed by atoms with Gasteiger partial charge in [-0.2, -0.15) is 0 Å². The molecular formula is C16H21BrN2O. The SMILES string of the molecule is COc1cc(C)cc2c(Br)c(C3CCCNC3)n(C)c12. The smallest absolute Gasteiger partial charge is 0.143 e. The van der Waals surface area contributed by atoms with Gasteiger partial charge in [-0.3, -0.25) is 0 Å². The van der Waals surface area contributed by atoms with E-state index in [0.717, 1.165) is 18.8 Å². The maximum atomic E-state index is 5.59. The highest BCUT2D eigenvalue weighted by atomic mass is 79.9. The molecule has 1 atom stereocenters. The first-order chi connectivity index (χ1) is 9.63. The van der Waals surface area contributed by atoms with E-state index in [0.29, 0.717) is 5.92 Å². The summed E-state index contributed by atoms with van der Waals surface area (Å²) in [5.74, 6) is 1.53. The number of aromatic nitrogens is 1. The molecule has 1 fully saturated rings. The van der Waals surface area contributed by atoms with Crippen LogP contribution in [-0.4, -0.2) is 24.8 Å². The lowest BCUT2D eigenvalue weighted by Crippen LogP contribution is -2.29. The Morgan fingerprint density at radius 2 is 2.20 bits per heavy atom. The summed E-state index contributed by atoms with van der Waals surface area (Å²) in [5, 5.41) is 4.76. The van der Waals surface area contributed by atoms with Crippen LogP contribution in [0.2, 0.25) is 0 Å². The molecule has 1 saturated heterocycles. The highest BCUT2D eigenvalue weighted by molar-refractivity contribution is 9.10. The standard InChI is InChI=1S/C16H21BrN2O/c1-10-7-12-14(17)15(11-5-4-6-18-9-11)19(2)16(12)13(8-10)20-3/h7-8,11,18H,4-6,9H2,1-3H3. The van der Waals surface area contributed by atoms with Crippen LogP contribution < -0.4 is 10.1 Å². The van der Waals surface area contributed by atoms with E-state index in [1.54, 1.807) is 7.11 Å². The van der Waals surface area contributed by atoms with Crippen molar-refractivity contribution in [2.45, 2.75) is 25.7 Å². The maximum Gasteiger partial charge on any atom is 0.143 e. The number of halogens is 1. The highest BCUT2D eigenvalue weighted by Gasteiger charge is 2.24. The number of ether oxygens (including phenoxy) is 1. The van der Waals surface area contributed by atoms with Crippen LogP contribution in [0.15, 0.2) is 16.6 Å². The molecule has 2 aromatic rings. The van der Waals surface area contributed by atoms with Gasteiger partial charge in [0, 0.05) is 35.1 Å². The molecule has 2 heterocycles. The van der Waals surface area contributed by atoms with Gasteiger partial charge in [0.1, 0.15) is 5.75 Å². The Labute approximate surface area is 128 Å². The normalized spacial score (nSPS) is 19.5. The van der Waals surface area contributed by atoms with Crippen LogP contribution in [0.4, 0.5) is 0 Å². The van der Waals surface area contributed by atoms with Gasteiger partial charge in [0.2, 0.25) is 0 Å². The molecule has 1 aromatic carbocycles. The number of piperidine rings is 1. The summed E-state index contributed by atoms with van der Waals surface area (Å²) in [4.78, 5) is 0. The molecule has 1 aromatic heterocycles. The molecule has 3 nitrogen and oxygen atoms in total. The number of nitrogens with one attached hydrogen (secondary N) is 1. The fourth-order valence-electron chi connectivity index (χ4n) is 3.36. The summed E-state index contributed by atoms with van der Waals surface area (Å²) in [6.45, 7) is 4.31. The summed E-state index contributed by atoms with van der Waals surface area (Å²) in [6, 6.07) is 4.35. The molecule has 4 heteroatoms. The quantitative estimate of drug-likeness (QED) is 0.904. The second-order valence-corrected chi connectivity index (χ2v) is 6.46. The van der Waals surface area contributed by atoms with Crippen molar-refractivity contribution in [3.05, 3.63) is 27.9 Å². The van der Waals surface area contributed by atoms with Crippen LogP contribution in [0.3, 0.4) is 0 Å². The molecule has 1 N–H and O–H groups in total. The second-order valence-electron chi connectivity index (χ2n) is 5.66. The van der Waals surface area contributed by atoms with Crippen molar-refractivity contribution in [2.75, 3.05) is 20.2 Å². The topological polar surface area (TPSA) is 26.2 Å². The Bertz CT molecular complexity index is 642. The van der Waals surface area contributed by atoms with Gasteiger partial charge < -0.3 is 14.6 Å². The van der Waals surface area contributed by atoms with Crippen molar-refractivity contribution in [3.8, 4) is 5.75 Å². The number of fused-ring (bicyclic) bond motifs is 1. The molecule has 0 aliphatic carbocycles. The predicted molar refractivity (Wildman–Crippen MR) is 86.8 cm³/mol. The van der Waals surface area contributed by atoms with E-state index in [9.17, 15) is 0 Å². The zero-order chi connectivity index (χ0) is 14.3. The number of hydrogen-bond acceptors (Lipinski definition) is 2. The summed E-state index contributed by atoms with van der Waals surface area (Å²) in [7, 11) is 3.89. The van der Waals surface area contributed by atoms with E-state index in [2.05, 4.69) is 51.9 Å². The zero-order valence-corrected chi connectivity index (χ0v) is 13.9. The van der Waals surface area contributed by atoms with Crippen molar-refractivity contribution in [2.24, 2.45) is 7.05 Å². The second kappa shape index (κ2) is 5.41. The third-order valence-electron chi connectivity index (χ3n) is 4.28. The lowest BCUT2D eigenvalue weighted by molar-refractivity contribution is 0.416. The maximum absolute atomic E-state index is 5.59. The van der Waals surface area contributed by atoms with Crippen molar-refractivity contribution < 1.29 is 4.74 Å². The average Bonchev–Trinajstić information content (AvgIpc) is 2.71. The van der Waals surface area contributed by atoms with E-state index in [1.807, 2.05) is 0 Å². The van der Waals surface area contributed by atoms with Gasteiger partial charge in [-0.25, -0.2) is 0 Å². The van der Waals surface area contributed by atoms with Crippen molar-refractivity contribution in [1.29, 1.82) is 0 Å². The monoisotopic (exact) mass is 336 g/mol. The van der Waals surface area contributed by atoms with Crippen LogP contribution in [0.1, 0.15) is 30.0 Å². The minimum atomic E-state index is 0.570. The molecule has 0 radical (unpaired) electrons. The van der Waals surface area contributed by atoms with E-state index >= 15 is 0 Å². The third kappa shape index (κ3) is 2.15. The van der Waals surface area contributed by atoms with Gasteiger partial charge in [0.05, 0.1) is 12.6 Å². The summed E-state index contributed by atoms with van der Waals surface area (Å²) in [5.41, 5.74) is 3.80. The fourth-order valence-corrected chi connectivity index (χ4v) is 4.25. The molecule has 1 aliphatic rings. The van der Waals surface area contributed by atoms with Gasteiger partial charge in [0.25, 0.3) is 0 Å². The molecule has 1 aliphatic heterocycles. The van der Waals surface area contributed by atoms with Crippen LogP contribution >= 0.6 is 15.9 Å². The number of nitrogens with zero attached hydrogens (tertiary/aromatic N) is 1. The number of aryl methyl sites for hydroxylation is 2. The number of hydrogen-bond donors (Lipinski definition) is 1. The molecule has 0 bridgehead atoms. The van der Waals surface area contributed by atoms with Gasteiger partial charge in [0.15, 0.2) is 0 Å². The van der Waals surface area contributed by atoms with E-state index < -0.39 is 0 Å². The molecule has 0 spiro atoms. The molecule has 20 heavy (non-hydrogen) atoms. The minimum absolute atomic E-state index is 0.570. The third-order valence-corrected chi connectivity index (χ3v) is 5.11. The lowest BCUT2D eigenvalue weighted by Gasteiger charge is -2.24. The Morgan fingerprint density at radius 1 is 1.40 bits per heavy atom. The number of benzene rings is 1.